The van der Waals surface area contributed by atoms with Crippen molar-refractivity contribution in [3.63, 3.8) is 0 Å². The van der Waals surface area contributed by atoms with Crippen LogP contribution in [0, 0.1) is 5.41 Å². The Bertz CT molecular complexity index is 701. The van der Waals surface area contributed by atoms with E-state index < -0.39 is 0 Å². The maximum absolute atomic E-state index is 5.89. The largest absolute Gasteiger partial charge is 0.486 e. The first-order valence-corrected chi connectivity index (χ1v) is 10.2. The molecule has 0 atom stereocenters. The molecule has 3 heterocycles. The summed E-state index contributed by atoms with van der Waals surface area (Å²) in [6.07, 6.45) is 3.98. The van der Waals surface area contributed by atoms with Crippen LogP contribution in [0.5, 0.6) is 5.75 Å². The van der Waals surface area contributed by atoms with E-state index in [9.17, 15) is 0 Å². The van der Waals surface area contributed by atoms with Gasteiger partial charge in [-0.3, -0.25) is 4.90 Å². The van der Waals surface area contributed by atoms with E-state index in [0.29, 0.717) is 12.0 Å². The van der Waals surface area contributed by atoms with Crippen LogP contribution < -0.4 is 10.1 Å². The summed E-state index contributed by atoms with van der Waals surface area (Å²) in [6, 6.07) is 7.46. The lowest BCUT2D eigenvalue weighted by molar-refractivity contribution is 0.193. The van der Waals surface area contributed by atoms with Crippen LogP contribution in [0.3, 0.4) is 0 Å². The van der Waals surface area contributed by atoms with Crippen LogP contribution in [0.2, 0.25) is 5.02 Å². The maximum Gasteiger partial charge on any atom is 0.140 e. The predicted molar refractivity (Wildman–Crippen MR) is 110 cm³/mol. The van der Waals surface area contributed by atoms with Gasteiger partial charge in [0, 0.05) is 23.5 Å². The number of piperidine rings is 1. The average Bonchev–Trinajstić information content (AvgIpc) is 3.23. The SMILES string of the molecule is Cl.Clc1ccc(OCc2nc(CN3CCC4(CCNCC4)C3)cs2)cc1. The molecule has 0 saturated carbocycles. The fourth-order valence-corrected chi connectivity index (χ4v) is 4.74. The molecule has 1 spiro atoms. The van der Waals surface area contributed by atoms with Crippen molar-refractivity contribution in [3.8, 4) is 5.75 Å². The van der Waals surface area contributed by atoms with E-state index >= 15 is 0 Å². The molecule has 1 aromatic carbocycles. The molecule has 4 nitrogen and oxygen atoms in total. The lowest BCUT2D eigenvalue weighted by Gasteiger charge is -2.33. The maximum atomic E-state index is 5.89. The number of nitrogens with zero attached hydrogens (tertiary/aromatic N) is 2. The minimum Gasteiger partial charge on any atom is -0.486 e. The Morgan fingerprint density at radius 1 is 1.19 bits per heavy atom. The third-order valence-corrected chi connectivity index (χ3v) is 6.47. The number of benzene rings is 1. The van der Waals surface area contributed by atoms with Crippen molar-refractivity contribution in [3.05, 3.63) is 45.4 Å². The monoisotopic (exact) mass is 413 g/mol. The molecule has 2 aromatic rings. The Hall–Kier alpha value is -0.850. The number of halogens is 2. The minimum atomic E-state index is 0. The van der Waals surface area contributed by atoms with E-state index in [4.69, 9.17) is 21.3 Å². The van der Waals surface area contributed by atoms with Crippen LogP contribution in [0.1, 0.15) is 30.0 Å². The third-order valence-electron chi connectivity index (χ3n) is 5.34. The molecule has 2 aliphatic heterocycles. The van der Waals surface area contributed by atoms with E-state index in [1.165, 1.54) is 51.1 Å². The molecule has 142 valence electrons. The smallest absolute Gasteiger partial charge is 0.140 e. The molecule has 0 amide bonds. The zero-order chi connectivity index (χ0) is 17.1. The minimum absolute atomic E-state index is 0. The third kappa shape index (κ3) is 4.90. The second kappa shape index (κ2) is 8.89. The highest BCUT2D eigenvalue weighted by molar-refractivity contribution is 7.09. The molecule has 1 aromatic heterocycles. The first-order valence-electron chi connectivity index (χ1n) is 8.96. The molecule has 2 aliphatic rings. The Morgan fingerprint density at radius 2 is 1.96 bits per heavy atom. The number of ether oxygens (including phenoxy) is 1. The number of rotatable bonds is 5. The van der Waals surface area contributed by atoms with Gasteiger partial charge in [0.05, 0.1) is 5.69 Å². The lowest BCUT2D eigenvalue weighted by atomic mass is 9.78. The molecular formula is C19H25Cl2N3OS. The van der Waals surface area contributed by atoms with Crippen molar-refractivity contribution >= 4 is 35.3 Å². The van der Waals surface area contributed by atoms with E-state index in [2.05, 4.69) is 15.6 Å². The van der Waals surface area contributed by atoms with Crippen molar-refractivity contribution in [1.29, 1.82) is 0 Å². The number of hydrogen-bond acceptors (Lipinski definition) is 5. The average molecular weight is 414 g/mol. The van der Waals surface area contributed by atoms with Gasteiger partial charge in [-0.25, -0.2) is 4.98 Å². The molecule has 26 heavy (non-hydrogen) atoms. The number of thiazole rings is 1. The van der Waals surface area contributed by atoms with Gasteiger partial charge in [0.25, 0.3) is 0 Å². The first-order chi connectivity index (χ1) is 12.2. The summed E-state index contributed by atoms with van der Waals surface area (Å²) in [6.45, 7) is 6.26. The molecule has 4 rings (SSSR count). The number of likely N-dealkylation sites (tertiary alicyclic amines) is 1. The lowest BCUT2D eigenvalue weighted by Crippen LogP contribution is -2.38. The van der Waals surface area contributed by atoms with Crippen LogP contribution in [0.15, 0.2) is 29.6 Å². The summed E-state index contributed by atoms with van der Waals surface area (Å²) in [4.78, 5) is 7.33. The van der Waals surface area contributed by atoms with E-state index in [0.717, 1.165) is 22.3 Å². The topological polar surface area (TPSA) is 37.4 Å². The summed E-state index contributed by atoms with van der Waals surface area (Å²) in [5, 5.41) is 7.41. The molecule has 0 unspecified atom stereocenters. The summed E-state index contributed by atoms with van der Waals surface area (Å²) in [5.74, 6) is 0.827. The summed E-state index contributed by atoms with van der Waals surface area (Å²) in [7, 11) is 0. The number of nitrogens with one attached hydrogen (secondary N) is 1. The molecule has 0 radical (unpaired) electrons. The summed E-state index contributed by atoms with van der Waals surface area (Å²) >= 11 is 7.58. The molecule has 2 fully saturated rings. The normalized spacial score (nSPS) is 19.4. The molecule has 1 N–H and O–H groups in total. The highest BCUT2D eigenvalue weighted by Crippen LogP contribution is 2.39. The van der Waals surface area contributed by atoms with Crippen molar-refractivity contribution in [1.82, 2.24) is 15.2 Å². The second-order valence-corrected chi connectivity index (χ2v) is 8.56. The highest BCUT2D eigenvalue weighted by atomic mass is 35.5. The van der Waals surface area contributed by atoms with Gasteiger partial charge >= 0.3 is 0 Å². The van der Waals surface area contributed by atoms with Gasteiger partial charge in [0.1, 0.15) is 17.4 Å². The summed E-state index contributed by atoms with van der Waals surface area (Å²) in [5.41, 5.74) is 1.73. The number of aromatic nitrogens is 1. The van der Waals surface area contributed by atoms with Crippen LogP contribution in [0.25, 0.3) is 0 Å². The first kappa shape index (κ1) is 19.9. The van der Waals surface area contributed by atoms with Gasteiger partial charge in [0.15, 0.2) is 0 Å². The highest BCUT2D eigenvalue weighted by Gasteiger charge is 2.38. The van der Waals surface area contributed by atoms with Crippen molar-refractivity contribution < 1.29 is 4.74 Å². The molecule has 7 heteroatoms. The Labute approximate surface area is 170 Å². The predicted octanol–water partition coefficient (Wildman–Crippen LogP) is 4.37. The van der Waals surface area contributed by atoms with Gasteiger partial charge in [-0.05, 0) is 68.6 Å². The zero-order valence-corrected chi connectivity index (χ0v) is 17.1. The van der Waals surface area contributed by atoms with E-state index in [1.807, 2.05) is 24.3 Å². The molecule has 2 saturated heterocycles. The van der Waals surface area contributed by atoms with Crippen LogP contribution in [0.4, 0.5) is 0 Å². The van der Waals surface area contributed by atoms with Crippen molar-refractivity contribution in [2.75, 3.05) is 26.2 Å². The van der Waals surface area contributed by atoms with Gasteiger partial charge in [-0.1, -0.05) is 11.6 Å². The van der Waals surface area contributed by atoms with Gasteiger partial charge in [0.2, 0.25) is 0 Å². The van der Waals surface area contributed by atoms with Gasteiger partial charge in [-0.15, -0.1) is 23.7 Å². The van der Waals surface area contributed by atoms with Crippen molar-refractivity contribution in [2.45, 2.75) is 32.4 Å². The van der Waals surface area contributed by atoms with E-state index in [-0.39, 0.29) is 12.4 Å². The van der Waals surface area contributed by atoms with Crippen LogP contribution >= 0.6 is 35.3 Å². The van der Waals surface area contributed by atoms with Gasteiger partial charge in [-0.2, -0.15) is 0 Å². The quantitative estimate of drug-likeness (QED) is 0.789. The Morgan fingerprint density at radius 3 is 2.73 bits per heavy atom. The standard InChI is InChI=1S/C19H24ClN3OS.ClH/c20-15-1-3-17(4-2-15)24-12-18-22-16(13-25-18)11-23-10-7-19(14-23)5-8-21-9-6-19;/h1-4,13,21H,5-12,14H2;1H. The van der Waals surface area contributed by atoms with Gasteiger partial charge < -0.3 is 10.1 Å². The zero-order valence-electron chi connectivity index (χ0n) is 14.7. The van der Waals surface area contributed by atoms with Crippen LogP contribution in [-0.2, 0) is 13.2 Å². The second-order valence-electron chi connectivity index (χ2n) is 7.19. The molecule has 0 bridgehead atoms. The number of hydrogen-bond donors (Lipinski definition) is 1. The van der Waals surface area contributed by atoms with Crippen molar-refractivity contribution in [2.24, 2.45) is 5.41 Å². The van der Waals surface area contributed by atoms with Crippen LogP contribution in [-0.4, -0.2) is 36.1 Å². The van der Waals surface area contributed by atoms with E-state index in [1.54, 1.807) is 11.3 Å². The summed E-state index contributed by atoms with van der Waals surface area (Å²) < 4.78 is 5.79. The fourth-order valence-electron chi connectivity index (χ4n) is 3.92. The Balaban J connectivity index is 0.00000196. The fraction of sp³-hybridized carbons (Fsp3) is 0.526. The molecular weight excluding hydrogens is 389 g/mol. The Kier molecular flexibility index (Phi) is 6.81. The molecule has 0 aliphatic carbocycles.